The average Bonchev–Trinajstić information content (AvgIpc) is 2.13. The number of thiol groups is 1. The average molecular weight is 228 g/mol. The van der Waals surface area contributed by atoms with Gasteiger partial charge < -0.3 is 0 Å². The van der Waals surface area contributed by atoms with Crippen LogP contribution in [0.4, 0.5) is 0 Å². The van der Waals surface area contributed by atoms with Crippen LogP contribution in [0.15, 0.2) is 11.6 Å². The van der Waals surface area contributed by atoms with E-state index in [-0.39, 0.29) is 4.75 Å². The van der Waals surface area contributed by atoms with Crippen LogP contribution in [0.1, 0.15) is 66.7 Å². The summed E-state index contributed by atoms with van der Waals surface area (Å²) in [6, 6.07) is 0. The molecule has 0 saturated carbocycles. The predicted octanol–water partition coefficient (Wildman–Crippen LogP) is 5.25. The van der Waals surface area contributed by atoms with Gasteiger partial charge in [0.1, 0.15) is 0 Å². The van der Waals surface area contributed by atoms with E-state index in [9.17, 15) is 0 Å². The van der Waals surface area contributed by atoms with Crippen molar-refractivity contribution >= 4 is 12.6 Å². The maximum atomic E-state index is 4.63. The van der Waals surface area contributed by atoms with Crippen molar-refractivity contribution in [3.63, 3.8) is 0 Å². The van der Waals surface area contributed by atoms with E-state index in [1.54, 1.807) is 5.57 Å². The molecule has 0 aromatic rings. The fraction of sp³-hybridized carbons (Fsp3) is 0.857. The Labute approximate surface area is 102 Å². The lowest BCUT2D eigenvalue weighted by molar-refractivity contribution is 0.576. The van der Waals surface area contributed by atoms with Crippen LogP contribution in [0.2, 0.25) is 0 Å². The van der Waals surface area contributed by atoms with Gasteiger partial charge in [-0.3, -0.25) is 0 Å². The van der Waals surface area contributed by atoms with Crippen LogP contribution in [0.3, 0.4) is 0 Å². The smallest absolute Gasteiger partial charge is 0.0110 e. The van der Waals surface area contributed by atoms with Crippen LogP contribution in [0.5, 0.6) is 0 Å². The summed E-state index contributed by atoms with van der Waals surface area (Å²) in [5, 5.41) is 0. The molecule has 0 aliphatic heterocycles. The first kappa shape index (κ1) is 15.1. The Kier molecular flexibility index (Phi) is 7.42. The van der Waals surface area contributed by atoms with Crippen LogP contribution in [-0.4, -0.2) is 4.75 Å². The second kappa shape index (κ2) is 7.38. The largest absolute Gasteiger partial charge is 0.173 e. The highest BCUT2D eigenvalue weighted by Gasteiger charge is 2.17. The molecule has 0 bridgehead atoms. The number of unbranched alkanes of at least 4 members (excludes halogenated alkanes) is 2. The molecule has 0 heterocycles. The van der Waals surface area contributed by atoms with Gasteiger partial charge in [0.15, 0.2) is 0 Å². The fourth-order valence-electron chi connectivity index (χ4n) is 1.70. The van der Waals surface area contributed by atoms with Crippen LogP contribution < -0.4 is 0 Å². The van der Waals surface area contributed by atoms with E-state index in [1.165, 1.54) is 25.7 Å². The van der Waals surface area contributed by atoms with E-state index in [2.05, 4.69) is 53.3 Å². The second-order valence-electron chi connectivity index (χ2n) is 5.22. The van der Waals surface area contributed by atoms with Gasteiger partial charge >= 0.3 is 0 Å². The lowest BCUT2D eigenvalue weighted by Crippen LogP contribution is -2.14. The van der Waals surface area contributed by atoms with Gasteiger partial charge in [-0.05, 0) is 25.2 Å². The van der Waals surface area contributed by atoms with E-state index in [1.807, 2.05) is 0 Å². The van der Waals surface area contributed by atoms with E-state index in [0.717, 1.165) is 6.42 Å². The molecule has 0 aliphatic carbocycles. The van der Waals surface area contributed by atoms with Gasteiger partial charge in [-0.1, -0.05) is 59.1 Å². The summed E-state index contributed by atoms with van der Waals surface area (Å²) >= 11 is 4.63. The molecule has 0 aromatic heterocycles. The van der Waals surface area contributed by atoms with E-state index >= 15 is 0 Å². The van der Waals surface area contributed by atoms with Crippen LogP contribution in [-0.2, 0) is 0 Å². The SMILES string of the molecule is CCCC/C=C(\CC(C)(C)S)[C@@H](C)CC. The first-order valence-electron chi connectivity index (χ1n) is 6.32. The molecule has 0 fully saturated rings. The van der Waals surface area contributed by atoms with E-state index < -0.39 is 0 Å². The molecule has 0 N–H and O–H groups in total. The lowest BCUT2D eigenvalue weighted by atomic mass is 9.89. The molecule has 0 aromatic carbocycles. The van der Waals surface area contributed by atoms with Crippen LogP contribution in [0, 0.1) is 5.92 Å². The van der Waals surface area contributed by atoms with Crippen molar-refractivity contribution in [2.24, 2.45) is 5.92 Å². The molecule has 0 amide bonds. The third kappa shape index (κ3) is 7.96. The van der Waals surface area contributed by atoms with Crippen LogP contribution >= 0.6 is 12.6 Å². The van der Waals surface area contributed by atoms with E-state index in [0.29, 0.717) is 5.92 Å². The van der Waals surface area contributed by atoms with Gasteiger partial charge in [0.25, 0.3) is 0 Å². The summed E-state index contributed by atoms with van der Waals surface area (Å²) in [5.74, 6) is 0.716. The molecule has 15 heavy (non-hydrogen) atoms. The van der Waals surface area contributed by atoms with Crippen molar-refractivity contribution < 1.29 is 0 Å². The standard InChI is InChI=1S/C14H28S/c1-6-8-9-10-13(12(3)7-2)11-14(4,5)15/h10,12,15H,6-9,11H2,1-5H3/b13-10+/t12-/m0/s1. The summed E-state index contributed by atoms with van der Waals surface area (Å²) in [4.78, 5) is 0. The van der Waals surface area contributed by atoms with Gasteiger partial charge in [0, 0.05) is 4.75 Å². The summed E-state index contributed by atoms with van der Waals surface area (Å²) < 4.78 is 0.126. The maximum absolute atomic E-state index is 4.63. The molecule has 90 valence electrons. The summed E-state index contributed by atoms with van der Waals surface area (Å²) in [6.45, 7) is 11.2. The Bertz CT molecular complexity index is 186. The first-order valence-corrected chi connectivity index (χ1v) is 6.76. The Morgan fingerprint density at radius 2 is 1.93 bits per heavy atom. The van der Waals surface area contributed by atoms with Gasteiger partial charge in [-0.15, -0.1) is 0 Å². The summed E-state index contributed by atoms with van der Waals surface area (Å²) in [7, 11) is 0. The first-order chi connectivity index (χ1) is 6.90. The summed E-state index contributed by atoms with van der Waals surface area (Å²) in [6.07, 6.45) is 8.65. The van der Waals surface area contributed by atoms with Crippen molar-refractivity contribution in [3.05, 3.63) is 11.6 Å². The van der Waals surface area contributed by atoms with Crippen molar-refractivity contribution in [2.45, 2.75) is 71.5 Å². The molecule has 0 unspecified atom stereocenters. The number of allylic oxidation sites excluding steroid dienone is 2. The van der Waals surface area contributed by atoms with Crippen molar-refractivity contribution in [2.75, 3.05) is 0 Å². The molecule has 0 radical (unpaired) electrons. The number of rotatable bonds is 7. The molecule has 0 rings (SSSR count). The second-order valence-corrected chi connectivity index (χ2v) is 6.43. The van der Waals surface area contributed by atoms with E-state index in [4.69, 9.17) is 0 Å². The third-order valence-corrected chi connectivity index (χ3v) is 3.00. The Morgan fingerprint density at radius 3 is 2.33 bits per heavy atom. The minimum Gasteiger partial charge on any atom is -0.173 e. The molecular weight excluding hydrogens is 200 g/mol. The van der Waals surface area contributed by atoms with Gasteiger partial charge in [0.05, 0.1) is 0 Å². The predicted molar refractivity (Wildman–Crippen MR) is 74.7 cm³/mol. The molecule has 0 saturated heterocycles. The Balaban J connectivity index is 4.37. The van der Waals surface area contributed by atoms with Gasteiger partial charge in [-0.25, -0.2) is 0 Å². The van der Waals surface area contributed by atoms with Crippen molar-refractivity contribution in [3.8, 4) is 0 Å². The number of hydrogen-bond donors (Lipinski definition) is 1. The molecular formula is C14H28S. The Morgan fingerprint density at radius 1 is 1.33 bits per heavy atom. The fourth-order valence-corrected chi connectivity index (χ4v) is 1.88. The highest BCUT2D eigenvalue weighted by Crippen LogP contribution is 2.28. The minimum absolute atomic E-state index is 0.126. The van der Waals surface area contributed by atoms with Crippen LogP contribution in [0.25, 0.3) is 0 Å². The Hall–Kier alpha value is 0.0900. The zero-order chi connectivity index (χ0) is 11.9. The molecule has 1 heteroatoms. The van der Waals surface area contributed by atoms with Crippen molar-refractivity contribution in [1.29, 1.82) is 0 Å². The molecule has 0 spiro atoms. The molecule has 0 nitrogen and oxygen atoms in total. The highest BCUT2D eigenvalue weighted by atomic mass is 32.1. The number of hydrogen-bond acceptors (Lipinski definition) is 1. The topological polar surface area (TPSA) is 0 Å². The summed E-state index contributed by atoms with van der Waals surface area (Å²) in [5.41, 5.74) is 1.60. The van der Waals surface area contributed by atoms with Crippen molar-refractivity contribution in [1.82, 2.24) is 0 Å². The zero-order valence-corrected chi connectivity index (χ0v) is 12.0. The highest BCUT2D eigenvalue weighted by molar-refractivity contribution is 7.81. The zero-order valence-electron chi connectivity index (χ0n) is 11.1. The van der Waals surface area contributed by atoms with Gasteiger partial charge in [0.2, 0.25) is 0 Å². The minimum atomic E-state index is 0.126. The normalized spacial score (nSPS) is 15.5. The quantitative estimate of drug-likeness (QED) is 0.343. The third-order valence-electron chi connectivity index (χ3n) is 2.85. The molecule has 0 aliphatic rings. The maximum Gasteiger partial charge on any atom is 0.0110 e. The monoisotopic (exact) mass is 228 g/mol. The van der Waals surface area contributed by atoms with Gasteiger partial charge in [-0.2, -0.15) is 12.6 Å². The lowest BCUT2D eigenvalue weighted by Gasteiger charge is -2.23. The molecule has 1 atom stereocenters.